The molecule has 0 spiro atoms. The third-order valence-corrected chi connectivity index (χ3v) is 26.5. The summed E-state index contributed by atoms with van der Waals surface area (Å²) in [6.45, 7) is 28.4. The molecule has 0 amide bonds. The topological polar surface area (TPSA) is 157 Å². The number of hydrogen-bond acceptors (Lipinski definition) is 11. The van der Waals surface area contributed by atoms with E-state index in [-0.39, 0.29) is 31.0 Å². The molecule has 0 aliphatic heterocycles. The molecule has 664 valence electrons. The first-order valence-electron chi connectivity index (χ1n) is 48.4. The average Bonchev–Trinajstić information content (AvgIpc) is 0.828. The van der Waals surface area contributed by atoms with Crippen molar-refractivity contribution in [1.82, 2.24) is 0 Å². The van der Waals surface area contributed by atoms with Gasteiger partial charge < -0.3 is 54.0 Å². The number of aliphatic hydroxyl groups excluding tert-OH is 4. The normalized spacial score (nSPS) is 18.5. The smallest absolute Gasteiger partial charge is 0.119 e. The summed E-state index contributed by atoms with van der Waals surface area (Å²) in [5.41, 5.74) is 6.60. The van der Waals surface area contributed by atoms with Crippen molar-refractivity contribution in [3.05, 3.63) is 186 Å². The van der Waals surface area contributed by atoms with Crippen LogP contribution in [-0.2, 0) is 5.60 Å². The number of ether oxygens (including phenoxy) is 6. The maximum absolute atomic E-state index is 10.5. The van der Waals surface area contributed by atoms with E-state index in [0.717, 1.165) is 154 Å². The van der Waals surface area contributed by atoms with Gasteiger partial charge in [-0.1, -0.05) is 296 Å². The average molecular weight is 1640 g/mol. The van der Waals surface area contributed by atoms with Gasteiger partial charge in [-0.05, 0) is 268 Å². The molecule has 0 saturated heterocycles. The Bertz CT molecular complexity index is 3410. The van der Waals surface area contributed by atoms with Crippen molar-refractivity contribution in [3.63, 3.8) is 0 Å². The summed E-state index contributed by atoms with van der Waals surface area (Å²) in [4.78, 5) is 0. The van der Waals surface area contributed by atoms with Gasteiger partial charge in [0, 0.05) is 12.5 Å². The van der Waals surface area contributed by atoms with E-state index in [1.165, 1.54) is 228 Å². The lowest BCUT2D eigenvalue weighted by molar-refractivity contribution is -0.0268. The predicted molar refractivity (Wildman–Crippen MR) is 498 cm³/mol. The van der Waals surface area contributed by atoms with Gasteiger partial charge in [0.05, 0.1) is 58.5 Å². The first kappa shape index (κ1) is 99.8. The third-order valence-electron chi connectivity index (χ3n) is 26.5. The summed E-state index contributed by atoms with van der Waals surface area (Å²) in [5.74, 6) is 11.4. The molecule has 6 aromatic rings. The molecule has 0 aromatic heterocycles. The summed E-state index contributed by atoms with van der Waals surface area (Å²) < 4.78 is 35.8. The van der Waals surface area contributed by atoms with Crippen LogP contribution in [0.3, 0.4) is 0 Å². The highest BCUT2D eigenvalue weighted by Gasteiger charge is 2.29. The maximum Gasteiger partial charge on any atom is 0.119 e. The van der Waals surface area contributed by atoms with Gasteiger partial charge in [0.1, 0.15) is 40.1 Å². The maximum atomic E-state index is 10.5. The fraction of sp³-hybridized carbons (Fsp3) is 0.648. The quantitative estimate of drug-likeness (QED) is 0.0251. The van der Waals surface area contributed by atoms with Crippen LogP contribution in [0.15, 0.2) is 152 Å². The predicted octanol–water partition coefficient (Wildman–Crippen LogP) is 28.6. The first-order valence-corrected chi connectivity index (χ1v) is 48.4. The van der Waals surface area contributed by atoms with Crippen LogP contribution >= 0.6 is 0 Å². The molecule has 0 heterocycles. The minimum atomic E-state index is -1.15. The van der Waals surface area contributed by atoms with Crippen LogP contribution in [0, 0.1) is 47.3 Å². The molecule has 5 N–H and O–H groups in total. The molecule has 0 radical (unpaired) electrons. The SMILES string of the molecule is C=C(CCC)c1cccc(OCC2CCCCC2)c1.CCCC(C)c1cccc(OCC2CCCCC2)c1.CCCC(CO)c1cccc(OCC2CCCCC2)c1.CCCC(O)(CO)c1cccc(OCC2CCCCC2)c1.CC[C@@H](C)[C@@H](O)c1cccc(OCC2CCCCC2)c1.CC[C@H](C)[C@@H](O)c1cccc(OCC2CCCCC2)c1. The van der Waals surface area contributed by atoms with Crippen molar-refractivity contribution in [2.24, 2.45) is 47.3 Å². The molecule has 11 heteroatoms. The summed E-state index contributed by atoms with van der Waals surface area (Å²) in [5, 5.41) is 50.1. The summed E-state index contributed by atoms with van der Waals surface area (Å²) >= 11 is 0. The van der Waals surface area contributed by atoms with Crippen molar-refractivity contribution < 1.29 is 54.0 Å². The molecule has 11 nitrogen and oxygen atoms in total. The van der Waals surface area contributed by atoms with Gasteiger partial charge in [-0.2, -0.15) is 0 Å². The van der Waals surface area contributed by atoms with Crippen LogP contribution in [-0.4, -0.2) is 78.4 Å². The number of allylic oxidation sites excluding steroid dienone is 1. The second-order valence-corrected chi connectivity index (χ2v) is 36.5. The second kappa shape index (κ2) is 58.7. The van der Waals surface area contributed by atoms with E-state index < -0.39 is 17.8 Å². The molecule has 12 rings (SSSR count). The zero-order valence-electron chi connectivity index (χ0n) is 76.1. The highest BCUT2D eigenvalue weighted by molar-refractivity contribution is 5.64. The zero-order chi connectivity index (χ0) is 85.1. The Labute approximate surface area is 724 Å². The molecule has 6 aliphatic carbocycles. The van der Waals surface area contributed by atoms with E-state index in [4.69, 9.17) is 28.4 Å². The lowest BCUT2D eigenvalue weighted by Gasteiger charge is -2.27. The fourth-order valence-electron chi connectivity index (χ4n) is 18.0. The van der Waals surface area contributed by atoms with Gasteiger partial charge in [-0.25, -0.2) is 0 Å². The van der Waals surface area contributed by atoms with Gasteiger partial charge in [0.25, 0.3) is 0 Å². The van der Waals surface area contributed by atoms with Crippen LogP contribution in [0.2, 0.25) is 0 Å². The minimum absolute atomic E-state index is 0.222. The zero-order valence-corrected chi connectivity index (χ0v) is 76.1. The molecule has 6 aliphatic rings. The Balaban J connectivity index is 0.000000197. The van der Waals surface area contributed by atoms with Crippen molar-refractivity contribution in [2.75, 3.05) is 52.9 Å². The highest BCUT2D eigenvalue weighted by Crippen LogP contribution is 2.37. The van der Waals surface area contributed by atoms with Crippen molar-refractivity contribution in [1.29, 1.82) is 0 Å². The van der Waals surface area contributed by atoms with Gasteiger partial charge in [-0.15, -0.1) is 0 Å². The van der Waals surface area contributed by atoms with Gasteiger partial charge in [0.2, 0.25) is 0 Å². The standard InChI is InChI=1S/C18H28O3.3C18H28O2.C18H28O.C18H26O/c1-2-11-18(20,14-19)16-9-6-10-17(12-16)21-13-15-7-4-3-5-8-15;2*1-3-14(2)18(19)16-10-7-11-17(12-16)20-13-15-8-5-4-6-9-15;1-2-7-17(13-19)16-10-6-11-18(12-16)20-14-15-8-4-3-5-9-15;2*1-3-8-15(2)17-11-7-12-18(13-17)19-14-16-9-5-4-6-10-16/h6,9-10,12,15,19-20H,2-5,7-8,11,13-14H2,1H3;2*7,10-12,14-15,18-19H,3-6,8-9,13H2,1-2H3;6,10-12,15,17,19H,2-5,7-9,13-14H2,1H3;7,11-13,15-16H,3-6,8-10,14H2,1-2H3;7,11-13,16H,2-6,8-10,14H2,1H3/t;14-,18+;14-,18-;;;/m.01.../s1. The van der Waals surface area contributed by atoms with Crippen LogP contribution < -0.4 is 28.4 Å². The summed E-state index contributed by atoms with van der Waals surface area (Å²) in [6.07, 6.45) is 49.7. The van der Waals surface area contributed by atoms with Crippen molar-refractivity contribution in [2.45, 2.75) is 349 Å². The first-order chi connectivity index (χ1) is 58.0. The lowest BCUT2D eigenvalue weighted by atomic mass is 9.89. The number of rotatable bonds is 38. The van der Waals surface area contributed by atoms with Crippen LogP contribution in [0.4, 0.5) is 0 Å². The van der Waals surface area contributed by atoms with Gasteiger partial charge in [-0.3, -0.25) is 0 Å². The van der Waals surface area contributed by atoms with Crippen LogP contribution in [0.25, 0.3) is 5.57 Å². The summed E-state index contributed by atoms with van der Waals surface area (Å²) in [7, 11) is 0. The van der Waals surface area contributed by atoms with Crippen molar-refractivity contribution in [3.8, 4) is 34.5 Å². The van der Waals surface area contributed by atoms with E-state index in [0.29, 0.717) is 30.1 Å². The number of benzene rings is 6. The fourth-order valence-corrected chi connectivity index (χ4v) is 18.0. The molecule has 119 heavy (non-hydrogen) atoms. The van der Waals surface area contributed by atoms with Gasteiger partial charge >= 0.3 is 0 Å². The van der Waals surface area contributed by atoms with E-state index in [2.05, 4.69) is 123 Å². The van der Waals surface area contributed by atoms with Crippen molar-refractivity contribution >= 4 is 5.57 Å². The van der Waals surface area contributed by atoms with Crippen LogP contribution in [0.5, 0.6) is 34.5 Å². The Kier molecular flexibility index (Phi) is 49.2. The third kappa shape index (κ3) is 38.1. The molecule has 3 unspecified atom stereocenters. The summed E-state index contributed by atoms with van der Waals surface area (Å²) in [6, 6.07) is 48.9. The molecule has 7 atom stereocenters. The highest BCUT2D eigenvalue weighted by atomic mass is 16.5. The molecule has 0 bridgehead atoms. The van der Waals surface area contributed by atoms with Gasteiger partial charge in [0.15, 0.2) is 0 Å². The molecular weight excluding hydrogens is 1470 g/mol. The van der Waals surface area contributed by atoms with E-state index in [1.54, 1.807) is 0 Å². The Morgan fingerprint density at radius 3 is 0.983 bits per heavy atom. The number of hydrogen-bond donors (Lipinski definition) is 5. The van der Waals surface area contributed by atoms with E-state index >= 15 is 0 Å². The molecular formula is C108H166O11. The Morgan fingerprint density at radius 1 is 0.361 bits per heavy atom. The van der Waals surface area contributed by atoms with E-state index in [1.807, 2.05) is 91.9 Å². The molecule has 6 aromatic carbocycles. The molecule has 6 fully saturated rings. The Morgan fingerprint density at radius 2 is 0.664 bits per heavy atom. The minimum Gasteiger partial charge on any atom is -0.493 e. The lowest BCUT2D eigenvalue weighted by Crippen LogP contribution is -2.30. The Hall–Kier alpha value is -6.34. The molecule has 6 saturated carbocycles. The second-order valence-electron chi connectivity index (χ2n) is 36.5. The van der Waals surface area contributed by atoms with E-state index in [9.17, 15) is 25.5 Å². The largest absolute Gasteiger partial charge is 0.493 e. The monoisotopic (exact) mass is 1640 g/mol. The number of aliphatic hydroxyl groups is 5. The van der Waals surface area contributed by atoms with Crippen LogP contribution in [0.1, 0.15) is 377 Å².